The molecule has 1 fully saturated rings. The lowest BCUT2D eigenvalue weighted by atomic mass is 9.80. The number of hydrogen-bond donors (Lipinski definition) is 2. The number of pyridine rings is 1. The second-order valence-corrected chi connectivity index (χ2v) is 10.6. The van der Waals surface area contributed by atoms with Crippen molar-refractivity contribution in [3.8, 4) is 11.4 Å². The van der Waals surface area contributed by atoms with E-state index in [9.17, 15) is 14.7 Å². The molecule has 1 aliphatic carbocycles. The molecule has 0 saturated heterocycles. The van der Waals surface area contributed by atoms with Crippen molar-refractivity contribution in [1.82, 2.24) is 24.6 Å². The molecule has 2 aromatic heterocycles. The van der Waals surface area contributed by atoms with Crippen molar-refractivity contribution in [2.24, 2.45) is 0 Å². The van der Waals surface area contributed by atoms with Gasteiger partial charge in [0.2, 0.25) is 5.91 Å². The van der Waals surface area contributed by atoms with E-state index in [1.807, 2.05) is 16.8 Å². The van der Waals surface area contributed by atoms with Gasteiger partial charge in [0.05, 0.1) is 23.0 Å². The third-order valence-corrected chi connectivity index (χ3v) is 8.30. The molecule has 2 aliphatic heterocycles. The summed E-state index contributed by atoms with van der Waals surface area (Å²) in [6.07, 6.45) is 7.28. The summed E-state index contributed by atoms with van der Waals surface area (Å²) < 4.78 is 1.82. The predicted molar refractivity (Wildman–Crippen MR) is 143 cm³/mol. The maximum Gasteiger partial charge on any atom is 0.258 e. The molecular formula is C28H29ClN6O3. The van der Waals surface area contributed by atoms with E-state index in [1.54, 1.807) is 9.80 Å². The van der Waals surface area contributed by atoms with Gasteiger partial charge in [-0.3, -0.25) is 9.59 Å². The molecule has 0 bridgehead atoms. The number of hydrogen-bond acceptors (Lipinski definition) is 6. The quantitative estimate of drug-likeness (QED) is 0.390. The molecule has 10 heteroatoms. The Balaban J connectivity index is 1.42. The highest BCUT2D eigenvalue weighted by molar-refractivity contribution is 6.29. The number of rotatable bonds is 4. The van der Waals surface area contributed by atoms with Gasteiger partial charge in [-0.25, -0.2) is 9.67 Å². The first kappa shape index (κ1) is 24.5. The van der Waals surface area contributed by atoms with Gasteiger partial charge >= 0.3 is 0 Å². The van der Waals surface area contributed by atoms with Crippen LogP contribution in [0, 0.1) is 0 Å². The Bertz CT molecular complexity index is 1460. The first-order valence-corrected chi connectivity index (χ1v) is 13.3. The summed E-state index contributed by atoms with van der Waals surface area (Å²) in [6.45, 7) is 4.78. The minimum Gasteiger partial charge on any atom is -0.506 e. The summed E-state index contributed by atoms with van der Waals surface area (Å²) in [6, 6.07) is 6.90. The Labute approximate surface area is 225 Å². The van der Waals surface area contributed by atoms with E-state index in [0.717, 1.165) is 35.4 Å². The van der Waals surface area contributed by atoms with Gasteiger partial charge in [0.1, 0.15) is 16.6 Å². The van der Waals surface area contributed by atoms with Crippen molar-refractivity contribution in [2.45, 2.75) is 44.1 Å². The lowest BCUT2D eigenvalue weighted by Gasteiger charge is -2.38. The Hall–Kier alpha value is -3.85. The minimum atomic E-state index is -0.437. The third kappa shape index (κ3) is 4.01. The van der Waals surface area contributed by atoms with Crippen molar-refractivity contribution in [3.05, 3.63) is 76.3 Å². The minimum absolute atomic E-state index is 0.195. The summed E-state index contributed by atoms with van der Waals surface area (Å²) in [5.74, 6) is 0.234. The summed E-state index contributed by atoms with van der Waals surface area (Å²) in [5.41, 5.74) is 11.1. The van der Waals surface area contributed by atoms with Gasteiger partial charge in [0, 0.05) is 49.9 Å². The van der Waals surface area contributed by atoms with Crippen LogP contribution in [0.15, 0.2) is 43.1 Å². The molecule has 3 aromatic rings. The highest BCUT2D eigenvalue weighted by Gasteiger charge is 2.40. The summed E-state index contributed by atoms with van der Waals surface area (Å²) in [4.78, 5) is 33.9. The predicted octanol–water partition coefficient (Wildman–Crippen LogP) is 3.79. The van der Waals surface area contributed by atoms with Crippen LogP contribution in [0.25, 0.3) is 5.69 Å². The molecule has 1 atom stereocenters. The lowest BCUT2D eigenvalue weighted by Crippen LogP contribution is -2.46. The number of nitrogens with zero attached hydrogens (tertiary/aromatic N) is 5. The Kier molecular flexibility index (Phi) is 6.10. The molecular weight excluding hydrogens is 504 g/mol. The van der Waals surface area contributed by atoms with E-state index in [4.69, 9.17) is 22.4 Å². The number of phenolic OH excluding ortho intramolecular Hbond substituents is 1. The van der Waals surface area contributed by atoms with Crippen molar-refractivity contribution in [2.75, 3.05) is 25.4 Å². The van der Waals surface area contributed by atoms with Crippen LogP contribution in [0.5, 0.6) is 5.75 Å². The number of carbonyl (C=O) groups excluding carboxylic acids is 2. The lowest BCUT2D eigenvalue weighted by molar-refractivity contribution is -0.126. The maximum absolute atomic E-state index is 13.7. The van der Waals surface area contributed by atoms with Crippen LogP contribution in [0.4, 0.5) is 5.69 Å². The van der Waals surface area contributed by atoms with Crippen LogP contribution >= 0.6 is 11.6 Å². The van der Waals surface area contributed by atoms with Crippen LogP contribution in [0.3, 0.4) is 0 Å². The Morgan fingerprint density at radius 1 is 1.18 bits per heavy atom. The van der Waals surface area contributed by atoms with Gasteiger partial charge in [-0.2, -0.15) is 5.10 Å². The van der Waals surface area contributed by atoms with Gasteiger partial charge < -0.3 is 20.6 Å². The standard InChI is InChI=1S/C28H29ClN6O3/c1-2-26(37)33-10-8-20-27-22(35(32-20)21-7-6-17(12-24(21)36)16-4-3-5-16)9-11-34(23(27)15-33)28(38)18-14-31-25(29)13-19(18)30/h2,6-7,12-14,16,23,36H,1,3-5,8-11,15H2,(H2,30,31)/t23-/m0/s1. The molecule has 4 heterocycles. The normalized spacial score (nSPS) is 18.9. The first-order valence-electron chi connectivity index (χ1n) is 12.9. The van der Waals surface area contributed by atoms with E-state index >= 15 is 0 Å². The fourth-order valence-electron chi connectivity index (χ4n) is 5.86. The molecule has 3 N–H and O–H groups in total. The molecule has 2 amide bonds. The number of phenols is 1. The van der Waals surface area contributed by atoms with Crippen molar-refractivity contribution in [3.63, 3.8) is 0 Å². The molecule has 0 radical (unpaired) electrons. The van der Waals surface area contributed by atoms with Crippen LogP contribution in [0.1, 0.15) is 64.1 Å². The highest BCUT2D eigenvalue weighted by Crippen LogP contribution is 2.41. The second-order valence-electron chi connectivity index (χ2n) is 10.2. The monoisotopic (exact) mass is 532 g/mol. The Morgan fingerprint density at radius 2 is 2.00 bits per heavy atom. The average molecular weight is 533 g/mol. The van der Waals surface area contributed by atoms with Gasteiger partial charge in [0.25, 0.3) is 5.91 Å². The number of carbonyl (C=O) groups is 2. The van der Waals surface area contributed by atoms with E-state index < -0.39 is 6.04 Å². The molecule has 9 nitrogen and oxygen atoms in total. The van der Waals surface area contributed by atoms with Crippen molar-refractivity contribution < 1.29 is 14.7 Å². The molecule has 3 aliphatic rings. The highest BCUT2D eigenvalue weighted by atomic mass is 35.5. The molecule has 0 spiro atoms. The molecule has 0 unspecified atom stereocenters. The zero-order chi connectivity index (χ0) is 26.6. The summed E-state index contributed by atoms with van der Waals surface area (Å²) in [7, 11) is 0. The van der Waals surface area contributed by atoms with Crippen LogP contribution in [-0.4, -0.2) is 61.1 Å². The fraction of sp³-hybridized carbons (Fsp3) is 0.357. The number of nitrogen functional groups attached to an aromatic ring is 1. The van der Waals surface area contributed by atoms with Crippen molar-refractivity contribution in [1.29, 1.82) is 0 Å². The fourth-order valence-corrected chi connectivity index (χ4v) is 6.02. The largest absolute Gasteiger partial charge is 0.506 e. The maximum atomic E-state index is 13.7. The number of amides is 2. The smallest absolute Gasteiger partial charge is 0.258 e. The summed E-state index contributed by atoms with van der Waals surface area (Å²) >= 11 is 5.96. The van der Waals surface area contributed by atoms with Crippen LogP contribution in [-0.2, 0) is 17.6 Å². The van der Waals surface area contributed by atoms with Crippen molar-refractivity contribution >= 4 is 29.1 Å². The first-order chi connectivity index (χ1) is 18.4. The SMILES string of the molecule is C=CC(=O)N1CCc2nn(-c3ccc(C4CCC4)cc3O)c3c2[C@H](C1)N(C(=O)c1cnc(Cl)cc1N)CC3. The van der Waals surface area contributed by atoms with Crippen LogP contribution in [0.2, 0.25) is 5.15 Å². The third-order valence-electron chi connectivity index (χ3n) is 8.09. The van der Waals surface area contributed by atoms with Gasteiger partial charge in [0.15, 0.2) is 0 Å². The molecule has 6 rings (SSSR count). The number of nitrogens with two attached hydrogens (primary N) is 1. The number of halogens is 1. The van der Waals surface area contributed by atoms with E-state index in [-0.39, 0.29) is 34.0 Å². The van der Waals surface area contributed by atoms with E-state index in [0.29, 0.717) is 44.1 Å². The second kappa shape index (κ2) is 9.47. The topological polar surface area (TPSA) is 118 Å². The van der Waals surface area contributed by atoms with E-state index in [2.05, 4.69) is 17.6 Å². The van der Waals surface area contributed by atoms with Gasteiger partial charge in [-0.1, -0.05) is 30.7 Å². The zero-order valence-electron chi connectivity index (χ0n) is 20.9. The number of aromatic hydroxyl groups is 1. The number of aromatic nitrogens is 3. The van der Waals surface area contributed by atoms with Gasteiger partial charge in [-0.05, 0) is 48.6 Å². The number of benzene rings is 1. The van der Waals surface area contributed by atoms with Gasteiger partial charge in [-0.15, -0.1) is 0 Å². The molecule has 1 aromatic carbocycles. The molecule has 38 heavy (non-hydrogen) atoms. The van der Waals surface area contributed by atoms with E-state index in [1.165, 1.54) is 24.8 Å². The zero-order valence-corrected chi connectivity index (χ0v) is 21.7. The van der Waals surface area contributed by atoms with Crippen LogP contribution < -0.4 is 5.73 Å². The summed E-state index contributed by atoms with van der Waals surface area (Å²) in [5, 5.41) is 16.1. The Morgan fingerprint density at radius 3 is 2.68 bits per heavy atom. The molecule has 196 valence electrons. The average Bonchev–Trinajstić information content (AvgIpc) is 3.12. The molecule has 1 saturated carbocycles. The number of anilines is 1.